The lowest BCUT2D eigenvalue weighted by Gasteiger charge is -2.22. The number of ether oxygens (including phenoxy) is 3. The monoisotopic (exact) mass is 396 g/mol. The summed E-state index contributed by atoms with van der Waals surface area (Å²) in [6.07, 6.45) is -3.46. The van der Waals surface area contributed by atoms with Crippen molar-refractivity contribution in [2.24, 2.45) is 0 Å². The van der Waals surface area contributed by atoms with Gasteiger partial charge >= 0.3 is 13.5 Å². The van der Waals surface area contributed by atoms with Crippen molar-refractivity contribution < 1.29 is 38.2 Å². The van der Waals surface area contributed by atoms with Gasteiger partial charge in [-0.15, -0.1) is 0 Å². The van der Waals surface area contributed by atoms with Crippen LogP contribution in [0.1, 0.15) is 11.8 Å². The molecule has 4 N–H and O–H groups in total. The summed E-state index contributed by atoms with van der Waals surface area (Å²) in [5.41, 5.74) is -1.12. The predicted molar refractivity (Wildman–Crippen MR) is 85.6 cm³/mol. The van der Waals surface area contributed by atoms with Gasteiger partial charge in [0.15, 0.2) is 6.23 Å². The number of aliphatic hydroxyl groups is 1. The summed E-state index contributed by atoms with van der Waals surface area (Å²) in [6, 6.07) is 0. The van der Waals surface area contributed by atoms with Crippen LogP contribution in [0.2, 0.25) is 0 Å². The molecule has 26 heavy (non-hydrogen) atoms. The predicted octanol–water partition coefficient (Wildman–Crippen LogP) is -1.76. The Morgan fingerprint density at radius 2 is 2.04 bits per heavy atom. The van der Waals surface area contributed by atoms with Crippen molar-refractivity contribution in [2.75, 3.05) is 26.9 Å². The molecular weight excluding hydrogens is 375 g/mol. The standard InChI is InChI=1S/C13H21N2O10P/c1-7-5-15(13(18)14-11(7)17)12-10(23-4-3-22-2)9(16)8(25-12)6-24-26(19,20)21/h5,8-10,12,16H,3-4,6H2,1-2H3,(H,14,17,18)(H2,19,20,21)/t8-,9-,10-,12-/m1/s1. The number of aliphatic hydroxyl groups excluding tert-OH is 1. The van der Waals surface area contributed by atoms with E-state index in [1.54, 1.807) is 0 Å². The Morgan fingerprint density at radius 3 is 2.65 bits per heavy atom. The van der Waals surface area contributed by atoms with Gasteiger partial charge in [-0.3, -0.25) is 18.9 Å². The number of H-pyrrole nitrogens is 1. The van der Waals surface area contributed by atoms with Crippen LogP contribution >= 0.6 is 7.82 Å². The second kappa shape index (κ2) is 8.55. The van der Waals surface area contributed by atoms with Crippen molar-refractivity contribution in [3.8, 4) is 0 Å². The van der Waals surface area contributed by atoms with Gasteiger partial charge < -0.3 is 29.1 Å². The Hall–Kier alpha value is -1.37. The minimum absolute atomic E-state index is 0.0707. The molecule has 1 saturated heterocycles. The Morgan fingerprint density at radius 1 is 1.35 bits per heavy atom. The molecule has 0 saturated carbocycles. The lowest BCUT2D eigenvalue weighted by Crippen LogP contribution is -2.40. The van der Waals surface area contributed by atoms with Gasteiger partial charge in [-0.2, -0.15) is 0 Å². The van der Waals surface area contributed by atoms with Gasteiger partial charge in [0.1, 0.15) is 18.3 Å². The van der Waals surface area contributed by atoms with E-state index >= 15 is 0 Å². The third-order valence-electron chi connectivity index (χ3n) is 3.74. The largest absolute Gasteiger partial charge is 0.469 e. The minimum atomic E-state index is -4.77. The average Bonchev–Trinajstić information content (AvgIpc) is 2.85. The molecule has 0 amide bonds. The lowest BCUT2D eigenvalue weighted by atomic mass is 10.1. The molecule has 1 aliphatic heterocycles. The second-order valence-electron chi connectivity index (χ2n) is 5.65. The summed E-state index contributed by atoms with van der Waals surface area (Å²) in [6.45, 7) is 1.14. The third kappa shape index (κ3) is 5.09. The Labute approximate surface area is 147 Å². The molecule has 4 atom stereocenters. The first-order valence-electron chi connectivity index (χ1n) is 7.60. The van der Waals surface area contributed by atoms with Crippen LogP contribution in [0.5, 0.6) is 0 Å². The molecule has 1 aromatic heterocycles. The second-order valence-corrected chi connectivity index (χ2v) is 6.89. The van der Waals surface area contributed by atoms with Crippen LogP contribution in [0.3, 0.4) is 0 Å². The van der Waals surface area contributed by atoms with Crippen molar-refractivity contribution in [1.29, 1.82) is 0 Å². The van der Waals surface area contributed by atoms with E-state index in [0.29, 0.717) is 0 Å². The maximum absolute atomic E-state index is 12.1. The van der Waals surface area contributed by atoms with Gasteiger partial charge in [0, 0.05) is 18.9 Å². The lowest BCUT2D eigenvalue weighted by molar-refractivity contribution is -0.0818. The Balaban J connectivity index is 2.28. The quantitative estimate of drug-likeness (QED) is 0.292. The number of phosphoric ester groups is 1. The van der Waals surface area contributed by atoms with E-state index in [1.807, 2.05) is 0 Å². The number of aromatic nitrogens is 2. The number of rotatable bonds is 8. The van der Waals surface area contributed by atoms with Crippen LogP contribution in [-0.4, -0.2) is 69.7 Å². The number of nitrogens with one attached hydrogen (secondary N) is 1. The molecule has 148 valence electrons. The van der Waals surface area contributed by atoms with Crippen LogP contribution < -0.4 is 11.2 Å². The summed E-state index contributed by atoms with van der Waals surface area (Å²) in [7, 11) is -3.32. The maximum atomic E-state index is 12.1. The highest BCUT2D eigenvalue weighted by molar-refractivity contribution is 7.46. The third-order valence-corrected chi connectivity index (χ3v) is 4.22. The SMILES string of the molecule is COCCO[C@@H]1[C@H](O)[C@@H](COP(=O)(O)O)O[C@H]1n1cc(C)c(=O)[nH]c1=O. The number of hydrogen-bond acceptors (Lipinski definition) is 8. The van der Waals surface area contributed by atoms with Gasteiger partial charge in [0.25, 0.3) is 5.56 Å². The number of hydrogen-bond donors (Lipinski definition) is 4. The van der Waals surface area contributed by atoms with Crippen LogP contribution in [0.4, 0.5) is 0 Å². The molecule has 0 bridgehead atoms. The van der Waals surface area contributed by atoms with E-state index in [0.717, 1.165) is 4.57 Å². The van der Waals surface area contributed by atoms with Crippen molar-refractivity contribution in [2.45, 2.75) is 31.5 Å². The van der Waals surface area contributed by atoms with E-state index in [9.17, 15) is 19.3 Å². The fraction of sp³-hybridized carbons (Fsp3) is 0.692. The summed E-state index contributed by atoms with van der Waals surface area (Å²) < 4.78 is 32.2. The van der Waals surface area contributed by atoms with Gasteiger partial charge in [-0.05, 0) is 6.92 Å². The molecule has 1 aliphatic rings. The van der Waals surface area contributed by atoms with E-state index in [4.69, 9.17) is 24.0 Å². The molecule has 0 spiro atoms. The van der Waals surface area contributed by atoms with Crippen molar-refractivity contribution >= 4 is 7.82 Å². The number of phosphoric acid groups is 1. The molecule has 0 aliphatic carbocycles. The zero-order chi connectivity index (χ0) is 19.5. The fourth-order valence-electron chi connectivity index (χ4n) is 2.47. The summed E-state index contributed by atoms with van der Waals surface area (Å²) in [4.78, 5) is 43.3. The number of aromatic amines is 1. The Bertz CT molecular complexity index is 771. The summed E-state index contributed by atoms with van der Waals surface area (Å²) >= 11 is 0. The number of aryl methyl sites for hydroxylation is 1. The van der Waals surface area contributed by atoms with Gasteiger partial charge in [-0.1, -0.05) is 0 Å². The Kier molecular flexibility index (Phi) is 6.88. The zero-order valence-corrected chi connectivity index (χ0v) is 15.0. The van der Waals surface area contributed by atoms with E-state index in [2.05, 4.69) is 9.51 Å². The fourth-order valence-corrected chi connectivity index (χ4v) is 2.81. The topological polar surface area (TPSA) is 170 Å². The molecule has 0 unspecified atom stereocenters. The molecule has 0 aromatic carbocycles. The average molecular weight is 396 g/mol. The maximum Gasteiger partial charge on any atom is 0.469 e. The van der Waals surface area contributed by atoms with Crippen LogP contribution in [-0.2, 0) is 23.3 Å². The highest BCUT2D eigenvalue weighted by atomic mass is 31.2. The van der Waals surface area contributed by atoms with Crippen molar-refractivity contribution in [1.82, 2.24) is 9.55 Å². The number of methoxy groups -OCH3 is 1. The molecule has 13 heteroatoms. The van der Waals surface area contributed by atoms with Crippen molar-refractivity contribution in [3.05, 3.63) is 32.6 Å². The van der Waals surface area contributed by atoms with Crippen molar-refractivity contribution in [3.63, 3.8) is 0 Å². The molecule has 1 aromatic rings. The van der Waals surface area contributed by atoms with E-state index in [1.165, 1.54) is 20.2 Å². The molecule has 2 rings (SSSR count). The number of nitrogens with zero attached hydrogens (tertiary/aromatic N) is 1. The zero-order valence-electron chi connectivity index (χ0n) is 14.1. The highest BCUT2D eigenvalue weighted by Gasteiger charge is 2.46. The molecule has 1 fully saturated rings. The molecule has 0 radical (unpaired) electrons. The first-order chi connectivity index (χ1) is 12.1. The van der Waals surface area contributed by atoms with Gasteiger partial charge in [0.2, 0.25) is 0 Å². The van der Waals surface area contributed by atoms with Gasteiger partial charge in [0.05, 0.1) is 19.8 Å². The summed E-state index contributed by atoms with van der Waals surface area (Å²) in [5, 5.41) is 10.4. The molecule has 2 heterocycles. The van der Waals surface area contributed by atoms with E-state index < -0.39 is 50.2 Å². The van der Waals surface area contributed by atoms with Crippen LogP contribution in [0.15, 0.2) is 15.8 Å². The normalized spacial score (nSPS) is 26.3. The summed E-state index contributed by atoms with van der Waals surface area (Å²) in [5.74, 6) is 0. The first-order valence-corrected chi connectivity index (χ1v) is 9.13. The van der Waals surface area contributed by atoms with Crippen LogP contribution in [0.25, 0.3) is 0 Å². The molecule has 12 nitrogen and oxygen atoms in total. The smallest absolute Gasteiger partial charge is 0.387 e. The highest BCUT2D eigenvalue weighted by Crippen LogP contribution is 2.38. The molecular formula is C13H21N2O10P. The minimum Gasteiger partial charge on any atom is -0.387 e. The van der Waals surface area contributed by atoms with Crippen LogP contribution in [0, 0.1) is 6.92 Å². The van der Waals surface area contributed by atoms with Gasteiger partial charge in [-0.25, -0.2) is 9.36 Å². The van der Waals surface area contributed by atoms with E-state index in [-0.39, 0.29) is 18.8 Å². The first kappa shape index (κ1) is 20.9.